The number of hydrogen-bond acceptors (Lipinski definition) is 2. The molecule has 0 saturated carbocycles. The van der Waals surface area contributed by atoms with Gasteiger partial charge in [0.15, 0.2) is 0 Å². The number of carbonyl (C=O) groups excluding carboxylic acids is 1. The molecule has 0 aliphatic rings. The summed E-state index contributed by atoms with van der Waals surface area (Å²) in [5.41, 5.74) is 1.70. The Hall–Kier alpha value is -0.840. The van der Waals surface area contributed by atoms with Gasteiger partial charge in [0, 0.05) is 3.57 Å². The zero-order valence-corrected chi connectivity index (χ0v) is 11.5. The molecule has 0 N–H and O–H groups in total. The normalized spacial score (nSPS) is 9.88. The van der Waals surface area contributed by atoms with Gasteiger partial charge in [-0.25, -0.2) is 4.79 Å². The molecule has 0 atom stereocenters. The fourth-order valence-corrected chi connectivity index (χ4v) is 1.91. The molecule has 16 heavy (non-hydrogen) atoms. The van der Waals surface area contributed by atoms with Gasteiger partial charge in [0.05, 0.1) is 12.2 Å². The number of aryl methyl sites for hydroxylation is 1. The highest BCUT2D eigenvalue weighted by Crippen LogP contribution is 2.17. The second-order valence-electron chi connectivity index (χ2n) is 3.35. The first-order chi connectivity index (χ1) is 7.69. The van der Waals surface area contributed by atoms with Gasteiger partial charge in [-0.1, -0.05) is 12.1 Å². The highest BCUT2D eigenvalue weighted by Gasteiger charge is 2.12. The molecule has 1 aromatic carbocycles. The second-order valence-corrected chi connectivity index (χ2v) is 4.59. The molecule has 0 aliphatic carbocycles. The monoisotopic (exact) mass is 330 g/mol. The van der Waals surface area contributed by atoms with Gasteiger partial charge in [0.25, 0.3) is 0 Å². The first kappa shape index (κ1) is 13.2. The smallest absolute Gasteiger partial charge is 0.338 e. The van der Waals surface area contributed by atoms with E-state index in [-0.39, 0.29) is 5.97 Å². The maximum atomic E-state index is 11.7. The molecule has 0 aromatic heterocycles. The quantitative estimate of drug-likeness (QED) is 0.469. The Bertz CT molecular complexity index is 386. The van der Waals surface area contributed by atoms with Gasteiger partial charge < -0.3 is 4.74 Å². The molecule has 3 heteroatoms. The number of ether oxygens (including phenoxy) is 1. The van der Waals surface area contributed by atoms with Crippen LogP contribution in [0.5, 0.6) is 0 Å². The molecule has 0 heterocycles. The summed E-state index contributed by atoms with van der Waals surface area (Å²) in [5.74, 6) is -0.236. The van der Waals surface area contributed by atoms with Crippen molar-refractivity contribution in [3.8, 4) is 0 Å². The molecule has 1 rings (SSSR count). The van der Waals surface area contributed by atoms with Gasteiger partial charge in [-0.3, -0.25) is 0 Å². The van der Waals surface area contributed by atoms with Crippen molar-refractivity contribution in [1.82, 2.24) is 0 Å². The molecular weight excluding hydrogens is 315 g/mol. The van der Waals surface area contributed by atoms with Crippen LogP contribution in [0.1, 0.15) is 29.3 Å². The Labute approximate surface area is 110 Å². The first-order valence-corrected chi connectivity index (χ1v) is 6.33. The van der Waals surface area contributed by atoms with E-state index in [0.717, 1.165) is 22.0 Å². The Morgan fingerprint density at radius 3 is 2.94 bits per heavy atom. The number of hydrogen-bond donors (Lipinski definition) is 0. The second kappa shape index (κ2) is 6.68. The van der Waals surface area contributed by atoms with Crippen molar-refractivity contribution in [2.75, 3.05) is 6.61 Å². The van der Waals surface area contributed by atoms with Crippen LogP contribution in [-0.4, -0.2) is 12.6 Å². The number of halogens is 1. The van der Waals surface area contributed by atoms with Crippen LogP contribution in [0.15, 0.2) is 30.9 Å². The fourth-order valence-electron chi connectivity index (χ4n) is 1.42. The number of esters is 1. The molecule has 0 spiro atoms. The first-order valence-electron chi connectivity index (χ1n) is 5.25. The summed E-state index contributed by atoms with van der Waals surface area (Å²) < 4.78 is 6.08. The van der Waals surface area contributed by atoms with Crippen LogP contribution < -0.4 is 0 Å². The summed E-state index contributed by atoms with van der Waals surface area (Å²) in [6, 6.07) is 5.86. The zero-order chi connectivity index (χ0) is 12.0. The largest absolute Gasteiger partial charge is 0.462 e. The van der Waals surface area contributed by atoms with Gasteiger partial charge in [0.1, 0.15) is 0 Å². The minimum atomic E-state index is -0.236. The SMILES string of the molecule is C=CCCc1ccc(I)cc1C(=O)OCC. The van der Waals surface area contributed by atoms with Crippen LogP contribution in [0.2, 0.25) is 0 Å². The maximum Gasteiger partial charge on any atom is 0.338 e. The Morgan fingerprint density at radius 1 is 1.56 bits per heavy atom. The van der Waals surface area contributed by atoms with Crippen LogP contribution in [0.25, 0.3) is 0 Å². The number of allylic oxidation sites excluding steroid dienone is 1. The van der Waals surface area contributed by atoms with Crippen LogP contribution in [0, 0.1) is 3.57 Å². The lowest BCUT2D eigenvalue weighted by Gasteiger charge is -2.08. The highest BCUT2D eigenvalue weighted by molar-refractivity contribution is 14.1. The molecule has 0 bridgehead atoms. The average molecular weight is 330 g/mol. The number of rotatable bonds is 5. The lowest BCUT2D eigenvalue weighted by Crippen LogP contribution is -2.08. The molecule has 0 unspecified atom stereocenters. The topological polar surface area (TPSA) is 26.3 Å². The minimum absolute atomic E-state index is 0.236. The van der Waals surface area contributed by atoms with E-state index in [2.05, 4.69) is 29.2 Å². The lowest BCUT2D eigenvalue weighted by atomic mass is 10.0. The Morgan fingerprint density at radius 2 is 2.31 bits per heavy atom. The van der Waals surface area contributed by atoms with Crippen molar-refractivity contribution in [3.63, 3.8) is 0 Å². The van der Waals surface area contributed by atoms with E-state index in [0.29, 0.717) is 12.2 Å². The van der Waals surface area contributed by atoms with E-state index in [1.807, 2.05) is 31.2 Å². The van der Waals surface area contributed by atoms with E-state index >= 15 is 0 Å². The van der Waals surface area contributed by atoms with E-state index < -0.39 is 0 Å². The maximum absolute atomic E-state index is 11.7. The molecule has 86 valence electrons. The summed E-state index contributed by atoms with van der Waals surface area (Å²) in [5, 5.41) is 0. The lowest BCUT2D eigenvalue weighted by molar-refractivity contribution is 0.0525. The van der Waals surface area contributed by atoms with Crippen LogP contribution in [-0.2, 0) is 11.2 Å². The van der Waals surface area contributed by atoms with E-state index in [4.69, 9.17) is 4.74 Å². The van der Waals surface area contributed by atoms with Gasteiger partial charge in [-0.2, -0.15) is 0 Å². The fraction of sp³-hybridized carbons (Fsp3) is 0.308. The van der Waals surface area contributed by atoms with Crippen molar-refractivity contribution >= 4 is 28.6 Å². The van der Waals surface area contributed by atoms with E-state index in [1.165, 1.54) is 0 Å². The Kier molecular flexibility index (Phi) is 5.52. The standard InChI is InChI=1S/C13H15IO2/c1-3-5-6-10-7-8-11(14)9-12(10)13(15)16-4-2/h3,7-9H,1,4-6H2,2H3. The third-order valence-electron chi connectivity index (χ3n) is 2.19. The molecule has 0 aliphatic heterocycles. The van der Waals surface area contributed by atoms with Crippen molar-refractivity contribution < 1.29 is 9.53 Å². The summed E-state index contributed by atoms with van der Waals surface area (Å²) in [6.45, 7) is 5.91. The van der Waals surface area contributed by atoms with Crippen LogP contribution >= 0.6 is 22.6 Å². The molecule has 1 aromatic rings. The molecule has 0 amide bonds. The average Bonchev–Trinajstić information content (AvgIpc) is 2.27. The number of carbonyl (C=O) groups is 1. The van der Waals surface area contributed by atoms with Gasteiger partial charge in [-0.15, -0.1) is 6.58 Å². The van der Waals surface area contributed by atoms with Gasteiger partial charge in [0.2, 0.25) is 0 Å². The van der Waals surface area contributed by atoms with Crippen molar-refractivity contribution in [3.05, 3.63) is 45.6 Å². The molecule has 0 radical (unpaired) electrons. The van der Waals surface area contributed by atoms with Crippen molar-refractivity contribution in [2.45, 2.75) is 19.8 Å². The molecule has 0 saturated heterocycles. The predicted molar refractivity (Wildman–Crippen MR) is 73.6 cm³/mol. The van der Waals surface area contributed by atoms with E-state index in [9.17, 15) is 4.79 Å². The third-order valence-corrected chi connectivity index (χ3v) is 2.86. The third kappa shape index (κ3) is 3.63. The van der Waals surface area contributed by atoms with Crippen molar-refractivity contribution in [2.24, 2.45) is 0 Å². The molecule has 2 nitrogen and oxygen atoms in total. The predicted octanol–water partition coefficient (Wildman–Crippen LogP) is 3.59. The highest BCUT2D eigenvalue weighted by atomic mass is 127. The van der Waals surface area contributed by atoms with Gasteiger partial charge >= 0.3 is 5.97 Å². The van der Waals surface area contributed by atoms with Crippen molar-refractivity contribution in [1.29, 1.82) is 0 Å². The summed E-state index contributed by atoms with van der Waals surface area (Å²) in [6.07, 6.45) is 3.55. The van der Waals surface area contributed by atoms with E-state index in [1.54, 1.807) is 0 Å². The summed E-state index contributed by atoms with van der Waals surface area (Å²) >= 11 is 2.19. The summed E-state index contributed by atoms with van der Waals surface area (Å²) in [7, 11) is 0. The Balaban J connectivity index is 2.97. The summed E-state index contributed by atoms with van der Waals surface area (Å²) in [4.78, 5) is 11.7. The van der Waals surface area contributed by atoms with Gasteiger partial charge in [-0.05, 0) is 60.1 Å². The van der Waals surface area contributed by atoms with Crippen LogP contribution in [0.3, 0.4) is 0 Å². The molecular formula is C13H15IO2. The van der Waals surface area contributed by atoms with Crippen LogP contribution in [0.4, 0.5) is 0 Å². The molecule has 0 fully saturated rings. The zero-order valence-electron chi connectivity index (χ0n) is 9.33. The minimum Gasteiger partial charge on any atom is -0.462 e. The number of benzene rings is 1.